The van der Waals surface area contributed by atoms with E-state index in [4.69, 9.17) is 5.11 Å². The van der Waals surface area contributed by atoms with E-state index in [0.717, 1.165) is 0 Å². The largest absolute Gasteiger partial charge is 0.481 e. The van der Waals surface area contributed by atoms with Crippen LogP contribution >= 0.6 is 0 Å². The molecule has 4 heteroatoms. The fraction of sp³-hybridized carbons (Fsp3) is 0.778. The summed E-state index contributed by atoms with van der Waals surface area (Å²) >= 11 is 0. The smallest absolute Gasteiger partial charge is 0.308 e. The van der Waals surface area contributed by atoms with Gasteiger partial charge in [-0.3, -0.25) is 9.59 Å². The topological polar surface area (TPSA) is 57.6 Å². The van der Waals surface area contributed by atoms with E-state index < -0.39 is 11.9 Å². The molecule has 4 nitrogen and oxygen atoms in total. The first-order valence-corrected chi connectivity index (χ1v) is 4.35. The van der Waals surface area contributed by atoms with E-state index in [1.54, 1.807) is 4.90 Å². The molecular weight excluding hydrogens is 170 g/mol. The molecule has 1 aliphatic heterocycles. The highest BCUT2D eigenvalue weighted by Gasteiger charge is 2.39. The molecule has 0 bridgehead atoms. The van der Waals surface area contributed by atoms with Crippen molar-refractivity contribution in [3.63, 3.8) is 0 Å². The number of aliphatic carboxylic acids is 1. The van der Waals surface area contributed by atoms with Crippen LogP contribution in [0.4, 0.5) is 0 Å². The molecule has 1 heterocycles. The molecule has 0 aromatic carbocycles. The molecule has 0 radical (unpaired) electrons. The molecule has 13 heavy (non-hydrogen) atoms. The van der Waals surface area contributed by atoms with Crippen molar-refractivity contribution in [3.05, 3.63) is 0 Å². The van der Waals surface area contributed by atoms with Crippen molar-refractivity contribution in [2.45, 2.75) is 32.7 Å². The predicted molar refractivity (Wildman–Crippen MR) is 47.2 cm³/mol. The van der Waals surface area contributed by atoms with Gasteiger partial charge in [0.05, 0.1) is 5.92 Å². The van der Waals surface area contributed by atoms with Crippen LogP contribution in [0.3, 0.4) is 0 Å². The second-order valence-corrected chi connectivity index (χ2v) is 4.41. The number of carbonyl (C=O) groups is 2. The average molecular weight is 185 g/mol. The monoisotopic (exact) mass is 185 g/mol. The van der Waals surface area contributed by atoms with Gasteiger partial charge in [0.1, 0.15) is 0 Å². The highest BCUT2D eigenvalue weighted by molar-refractivity contribution is 5.86. The normalized spacial score (nSPS) is 23.8. The molecule has 0 aromatic rings. The summed E-state index contributed by atoms with van der Waals surface area (Å²) in [5, 5.41) is 8.74. The van der Waals surface area contributed by atoms with E-state index in [9.17, 15) is 9.59 Å². The van der Waals surface area contributed by atoms with E-state index in [1.807, 2.05) is 20.8 Å². The summed E-state index contributed by atoms with van der Waals surface area (Å²) in [6.45, 7) is 6.08. The summed E-state index contributed by atoms with van der Waals surface area (Å²) in [5.41, 5.74) is -0.263. The maximum absolute atomic E-state index is 11.4. The summed E-state index contributed by atoms with van der Waals surface area (Å²) in [5.74, 6) is -1.45. The number of carboxylic acid groups (broad SMARTS) is 1. The van der Waals surface area contributed by atoms with Crippen LogP contribution in [-0.2, 0) is 9.59 Å². The first kappa shape index (κ1) is 10.0. The molecular formula is C9H15NO3. The van der Waals surface area contributed by atoms with Crippen molar-refractivity contribution >= 4 is 11.9 Å². The molecule has 1 amide bonds. The fourth-order valence-corrected chi connectivity index (χ4v) is 1.52. The molecule has 1 saturated heterocycles. The van der Waals surface area contributed by atoms with E-state index >= 15 is 0 Å². The van der Waals surface area contributed by atoms with Crippen molar-refractivity contribution in [1.29, 1.82) is 0 Å². The number of hydrogen-bond donors (Lipinski definition) is 1. The molecule has 1 rings (SSSR count). The lowest BCUT2D eigenvalue weighted by Crippen LogP contribution is -2.42. The van der Waals surface area contributed by atoms with Crippen LogP contribution < -0.4 is 0 Å². The van der Waals surface area contributed by atoms with Crippen LogP contribution in [0.5, 0.6) is 0 Å². The van der Waals surface area contributed by atoms with Crippen LogP contribution in [-0.4, -0.2) is 34.0 Å². The number of likely N-dealkylation sites (tertiary alicyclic amines) is 1. The van der Waals surface area contributed by atoms with Gasteiger partial charge in [0.2, 0.25) is 5.91 Å². The molecule has 0 unspecified atom stereocenters. The van der Waals surface area contributed by atoms with Crippen molar-refractivity contribution in [3.8, 4) is 0 Å². The Morgan fingerprint density at radius 2 is 2.08 bits per heavy atom. The third-order valence-electron chi connectivity index (χ3n) is 2.28. The Morgan fingerprint density at radius 3 is 2.31 bits per heavy atom. The van der Waals surface area contributed by atoms with Crippen LogP contribution in [0.1, 0.15) is 27.2 Å². The predicted octanol–water partition coefficient (Wildman–Crippen LogP) is 0.718. The summed E-state index contributed by atoms with van der Waals surface area (Å²) in [4.78, 5) is 23.7. The van der Waals surface area contributed by atoms with Crippen LogP contribution in [0.15, 0.2) is 0 Å². The molecule has 0 saturated carbocycles. The Bertz CT molecular complexity index is 242. The van der Waals surface area contributed by atoms with Crippen LogP contribution in [0.25, 0.3) is 0 Å². The molecule has 0 aliphatic carbocycles. The number of amides is 1. The standard InChI is InChI=1S/C9H15NO3/c1-9(2,3)10-5-6(8(12)13)4-7(10)11/h6H,4-5H2,1-3H3,(H,12,13)/t6-/m1/s1. The van der Waals surface area contributed by atoms with Gasteiger partial charge >= 0.3 is 5.97 Å². The van der Waals surface area contributed by atoms with E-state index in [2.05, 4.69) is 0 Å². The van der Waals surface area contributed by atoms with E-state index in [0.29, 0.717) is 6.54 Å². The minimum atomic E-state index is -0.875. The molecule has 74 valence electrons. The Kier molecular flexibility index (Phi) is 2.32. The molecule has 1 N–H and O–H groups in total. The van der Waals surface area contributed by atoms with Crippen LogP contribution in [0, 0.1) is 5.92 Å². The molecule has 0 spiro atoms. The van der Waals surface area contributed by atoms with Gasteiger partial charge in [-0.15, -0.1) is 0 Å². The third-order valence-corrected chi connectivity index (χ3v) is 2.28. The highest BCUT2D eigenvalue weighted by atomic mass is 16.4. The zero-order valence-corrected chi connectivity index (χ0v) is 8.20. The van der Waals surface area contributed by atoms with E-state index in [1.165, 1.54) is 0 Å². The summed E-state index contributed by atoms with van der Waals surface area (Å²) in [6, 6.07) is 0. The van der Waals surface area contributed by atoms with Gasteiger partial charge < -0.3 is 10.0 Å². The Balaban J connectivity index is 2.73. The van der Waals surface area contributed by atoms with E-state index in [-0.39, 0.29) is 17.9 Å². The summed E-state index contributed by atoms with van der Waals surface area (Å²) in [7, 11) is 0. The van der Waals surface area contributed by atoms with Gasteiger partial charge in [0.15, 0.2) is 0 Å². The minimum Gasteiger partial charge on any atom is -0.481 e. The second kappa shape index (κ2) is 3.01. The number of nitrogens with zero attached hydrogens (tertiary/aromatic N) is 1. The first-order chi connectivity index (χ1) is 5.82. The van der Waals surface area contributed by atoms with Crippen molar-refractivity contribution < 1.29 is 14.7 Å². The zero-order chi connectivity index (χ0) is 10.2. The lowest BCUT2D eigenvalue weighted by Gasteiger charge is -2.31. The molecule has 1 aliphatic rings. The van der Waals surface area contributed by atoms with Crippen molar-refractivity contribution in [2.24, 2.45) is 5.92 Å². The minimum absolute atomic E-state index is 0.0556. The average Bonchev–Trinajstić information content (AvgIpc) is 2.29. The maximum Gasteiger partial charge on any atom is 0.308 e. The SMILES string of the molecule is CC(C)(C)N1C[C@H](C(=O)O)CC1=O. The molecule has 0 aromatic heterocycles. The lowest BCUT2D eigenvalue weighted by atomic mass is 10.1. The van der Waals surface area contributed by atoms with Gasteiger partial charge in [0, 0.05) is 18.5 Å². The lowest BCUT2D eigenvalue weighted by molar-refractivity contribution is -0.141. The molecule has 1 atom stereocenters. The maximum atomic E-state index is 11.4. The van der Waals surface area contributed by atoms with Crippen molar-refractivity contribution in [2.75, 3.05) is 6.54 Å². The highest BCUT2D eigenvalue weighted by Crippen LogP contribution is 2.25. The van der Waals surface area contributed by atoms with Gasteiger partial charge in [0.25, 0.3) is 0 Å². The Hall–Kier alpha value is -1.06. The fourth-order valence-electron chi connectivity index (χ4n) is 1.52. The number of rotatable bonds is 1. The third kappa shape index (κ3) is 1.99. The Labute approximate surface area is 77.5 Å². The van der Waals surface area contributed by atoms with Gasteiger partial charge in [-0.05, 0) is 20.8 Å². The summed E-state index contributed by atoms with van der Waals surface area (Å²) < 4.78 is 0. The number of hydrogen-bond acceptors (Lipinski definition) is 2. The van der Waals surface area contributed by atoms with Gasteiger partial charge in [-0.2, -0.15) is 0 Å². The molecule has 1 fully saturated rings. The van der Waals surface area contributed by atoms with Gasteiger partial charge in [-0.1, -0.05) is 0 Å². The zero-order valence-electron chi connectivity index (χ0n) is 8.20. The number of carboxylic acids is 1. The van der Waals surface area contributed by atoms with Crippen LogP contribution in [0.2, 0.25) is 0 Å². The van der Waals surface area contributed by atoms with Gasteiger partial charge in [-0.25, -0.2) is 0 Å². The summed E-state index contributed by atoms with van der Waals surface area (Å²) in [6.07, 6.45) is 0.145. The second-order valence-electron chi connectivity index (χ2n) is 4.41. The Morgan fingerprint density at radius 1 is 1.54 bits per heavy atom. The van der Waals surface area contributed by atoms with Crippen molar-refractivity contribution in [1.82, 2.24) is 4.90 Å². The number of carbonyl (C=O) groups excluding carboxylic acids is 1. The first-order valence-electron chi connectivity index (χ1n) is 4.35. The quantitative estimate of drug-likeness (QED) is 0.654.